The number of nitrogens with zero attached hydrogens (tertiary/aromatic N) is 3. The maximum atomic E-state index is 12.9. The van der Waals surface area contributed by atoms with E-state index in [1.54, 1.807) is 74.0 Å². The highest BCUT2D eigenvalue weighted by Gasteiger charge is 2.24. The van der Waals surface area contributed by atoms with Crippen molar-refractivity contribution in [3.63, 3.8) is 0 Å². The molecule has 0 spiro atoms. The van der Waals surface area contributed by atoms with Crippen LogP contribution in [0.15, 0.2) is 78.2 Å². The smallest absolute Gasteiger partial charge is 0.283 e. The lowest BCUT2D eigenvalue weighted by Gasteiger charge is -2.15. The van der Waals surface area contributed by atoms with Gasteiger partial charge in [0, 0.05) is 23.6 Å². The van der Waals surface area contributed by atoms with Gasteiger partial charge in [0.05, 0.1) is 18.9 Å². The zero-order valence-electron chi connectivity index (χ0n) is 15.1. The van der Waals surface area contributed by atoms with Crippen molar-refractivity contribution in [1.82, 2.24) is 9.99 Å². The molecule has 1 heterocycles. The molecule has 7 nitrogen and oxygen atoms in total. The topological polar surface area (TPSA) is 97.9 Å². The number of carbonyl (C=O) groups excluding carboxylic acids is 2. The van der Waals surface area contributed by atoms with Crippen LogP contribution in [0, 0.1) is 0 Å². The first kappa shape index (κ1) is 18.8. The molecular formula is C21H18N4O3. The van der Waals surface area contributed by atoms with Crippen LogP contribution in [0.4, 0.5) is 5.69 Å². The lowest BCUT2D eigenvalue weighted by molar-refractivity contribution is 0.0621. The van der Waals surface area contributed by atoms with Gasteiger partial charge in [-0.05, 0) is 66.2 Å². The van der Waals surface area contributed by atoms with Crippen molar-refractivity contribution in [3.05, 3.63) is 89.7 Å². The van der Waals surface area contributed by atoms with E-state index in [1.807, 2.05) is 0 Å². The largest absolute Gasteiger partial charge is 0.497 e. The van der Waals surface area contributed by atoms with Crippen LogP contribution in [0.3, 0.4) is 0 Å². The van der Waals surface area contributed by atoms with Gasteiger partial charge in [0.1, 0.15) is 5.75 Å². The predicted octanol–water partition coefficient (Wildman–Crippen LogP) is 2.99. The molecular weight excluding hydrogens is 356 g/mol. The van der Waals surface area contributed by atoms with Crippen molar-refractivity contribution >= 4 is 23.7 Å². The lowest BCUT2D eigenvalue weighted by atomic mass is 10.2. The third-order valence-corrected chi connectivity index (χ3v) is 3.89. The highest BCUT2D eigenvalue weighted by molar-refractivity contribution is 6.10. The van der Waals surface area contributed by atoms with E-state index in [0.717, 1.165) is 5.01 Å². The summed E-state index contributed by atoms with van der Waals surface area (Å²) in [4.78, 5) is 29.7. The number of imide groups is 1. The van der Waals surface area contributed by atoms with Crippen LogP contribution in [0.25, 0.3) is 0 Å². The SMILES string of the molecule is COc1ccc(/C=N/N(C(=O)c2ccc(N)cc2)C(=O)c2cccnc2)cc1. The number of hydrogen-bond donors (Lipinski definition) is 1. The summed E-state index contributed by atoms with van der Waals surface area (Å²) in [7, 11) is 1.57. The van der Waals surface area contributed by atoms with E-state index in [2.05, 4.69) is 10.1 Å². The van der Waals surface area contributed by atoms with Gasteiger partial charge in [0.25, 0.3) is 11.8 Å². The van der Waals surface area contributed by atoms with Gasteiger partial charge in [-0.1, -0.05) is 0 Å². The van der Waals surface area contributed by atoms with Gasteiger partial charge < -0.3 is 10.5 Å². The van der Waals surface area contributed by atoms with Gasteiger partial charge in [-0.15, -0.1) is 0 Å². The second-order valence-corrected chi connectivity index (χ2v) is 5.80. The number of nitrogens with two attached hydrogens (primary N) is 1. The number of hydrogen-bond acceptors (Lipinski definition) is 6. The van der Waals surface area contributed by atoms with Crippen LogP contribution in [0.5, 0.6) is 5.75 Å². The fourth-order valence-electron chi connectivity index (χ4n) is 2.37. The second kappa shape index (κ2) is 8.59. The Balaban J connectivity index is 1.93. The third kappa shape index (κ3) is 4.39. The number of pyridine rings is 1. The molecule has 0 aliphatic rings. The van der Waals surface area contributed by atoms with Crippen LogP contribution in [-0.2, 0) is 0 Å². The zero-order chi connectivity index (χ0) is 19.9. The fourth-order valence-corrected chi connectivity index (χ4v) is 2.37. The molecule has 0 fully saturated rings. The normalized spacial score (nSPS) is 10.6. The van der Waals surface area contributed by atoms with E-state index in [4.69, 9.17) is 10.5 Å². The number of nitrogen functional groups attached to an aromatic ring is 1. The molecule has 0 unspecified atom stereocenters. The van der Waals surface area contributed by atoms with Crippen LogP contribution < -0.4 is 10.5 Å². The zero-order valence-corrected chi connectivity index (χ0v) is 15.1. The third-order valence-electron chi connectivity index (χ3n) is 3.89. The van der Waals surface area contributed by atoms with Crippen LogP contribution in [-0.4, -0.2) is 35.1 Å². The Kier molecular flexibility index (Phi) is 5.76. The second-order valence-electron chi connectivity index (χ2n) is 5.80. The fraction of sp³-hybridized carbons (Fsp3) is 0.0476. The molecule has 7 heteroatoms. The number of benzene rings is 2. The molecule has 2 amide bonds. The van der Waals surface area contributed by atoms with E-state index in [9.17, 15) is 9.59 Å². The molecule has 0 aliphatic heterocycles. The molecule has 0 saturated carbocycles. The van der Waals surface area contributed by atoms with Crippen LogP contribution in [0.1, 0.15) is 26.3 Å². The first-order valence-corrected chi connectivity index (χ1v) is 8.41. The maximum Gasteiger partial charge on any atom is 0.283 e. The van der Waals surface area contributed by atoms with E-state index in [1.165, 1.54) is 12.4 Å². The van der Waals surface area contributed by atoms with Crippen LogP contribution in [0.2, 0.25) is 0 Å². The molecule has 3 rings (SSSR count). The summed E-state index contributed by atoms with van der Waals surface area (Å²) in [6, 6.07) is 16.5. The molecule has 0 atom stereocenters. The minimum absolute atomic E-state index is 0.248. The molecule has 2 aromatic carbocycles. The Labute approximate surface area is 162 Å². The molecule has 0 saturated heterocycles. The lowest BCUT2D eigenvalue weighted by Crippen LogP contribution is -2.32. The van der Waals surface area contributed by atoms with Crippen molar-refractivity contribution < 1.29 is 14.3 Å². The molecule has 1 aromatic heterocycles. The number of methoxy groups -OCH3 is 1. The number of ether oxygens (including phenoxy) is 1. The van der Waals surface area contributed by atoms with E-state index >= 15 is 0 Å². The Bertz CT molecular complexity index is 984. The molecule has 28 heavy (non-hydrogen) atoms. The molecule has 140 valence electrons. The quantitative estimate of drug-likeness (QED) is 0.320. The van der Waals surface area contributed by atoms with Crippen molar-refractivity contribution in [3.8, 4) is 5.75 Å². The number of anilines is 1. The number of carbonyl (C=O) groups is 2. The maximum absolute atomic E-state index is 12.9. The van der Waals surface area contributed by atoms with Gasteiger partial charge in [-0.25, -0.2) is 0 Å². The Morgan fingerprint density at radius 3 is 2.29 bits per heavy atom. The molecule has 0 aliphatic carbocycles. The summed E-state index contributed by atoms with van der Waals surface area (Å²) in [5.41, 5.74) is 7.43. The number of amides is 2. The Hall–Kier alpha value is -4.00. The van der Waals surface area contributed by atoms with Crippen molar-refractivity contribution in [2.45, 2.75) is 0 Å². The van der Waals surface area contributed by atoms with E-state index in [-0.39, 0.29) is 5.56 Å². The summed E-state index contributed by atoms with van der Waals surface area (Å²) < 4.78 is 5.12. The monoisotopic (exact) mass is 374 g/mol. The molecule has 2 N–H and O–H groups in total. The highest BCUT2D eigenvalue weighted by Crippen LogP contribution is 2.14. The van der Waals surface area contributed by atoms with Crippen molar-refractivity contribution in [1.29, 1.82) is 0 Å². The average Bonchev–Trinajstić information content (AvgIpc) is 2.75. The van der Waals surface area contributed by atoms with Crippen molar-refractivity contribution in [2.75, 3.05) is 12.8 Å². The van der Waals surface area contributed by atoms with Gasteiger partial charge in [-0.3, -0.25) is 14.6 Å². The van der Waals surface area contributed by atoms with E-state index in [0.29, 0.717) is 22.6 Å². The van der Waals surface area contributed by atoms with E-state index < -0.39 is 11.8 Å². The number of rotatable bonds is 5. The summed E-state index contributed by atoms with van der Waals surface area (Å²) >= 11 is 0. The Morgan fingerprint density at radius 1 is 1.00 bits per heavy atom. The van der Waals surface area contributed by atoms with Crippen LogP contribution >= 0.6 is 0 Å². The molecule has 0 radical (unpaired) electrons. The van der Waals surface area contributed by atoms with Gasteiger partial charge in [0.15, 0.2) is 0 Å². The summed E-state index contributed by atoms with van der Waals surface area (Å²) in [6.07, 6.45) is 4.36. The molecule has 3 aromatic rings. The van der Waals surface area contributed by atoms with Gasteiger partial charge in [-0.2, -0.15) is 10.1 Å². The predicted molar refractivity (Wildman–Crippen MR) is 106 cm³/mol. The Morgan fingerprint density at radius 2 is 1.68 bits per heavy atom. The summed E-state index contributed by atoms with van der Waals surface area (Å²) in [5.74, 6) is -0.461. The number of aromatic nitrogens is 1. The minimum Gasteiger partial charge on any atom is -0.497 e. The summed E-state index contributed by atoms with van der Waals surface area (Å²) in [6.45, 7) is 0. The minimum atomic E-state index is -0.584. The highest BCUT2D eigenvalue weighted by atomic mass is 16.5. The van der Waals surface area contributed by atoms with Crippen molar-refractivity contribution in [2.24, 2.45) is 5.10 Å². The standard InChI is InChI=1S/C21H18N4O3/c1-28-19-10-4-15(5-11-19)13-24-25(21(27)17-3-2-12-23-14-17)20(26)16-6-8-18(22)9-7-16/h2-14H,22H2,1H3/b24-13+. The number of hydrazone groups is 1. The molecule has 0 bridgehead atoms. The first-order chi connectivity index (χ1) is 13.6. The summed E-state index contributed by atoms with van der Waals surface area (Å²) in [5, 5.41) is 4.95. The first-order valence-electron chi connectivity index (χ1n) is 8.41. The average molecular weight is 374 g/mol. The van der Waals surface area contributed by atoms with Gasteiger partial charge >= 0.3 is 0 Å². The van der Waals surface area contributed by atoms with Gasteiger partial charge in [0.2, 0.25) is 0 Å².